The predicted molar refractivity (Wildman–Crippen MR) is 56.1 cm³/mol. The van der Waals surface area contributed by atoms with Crippen molar-refractivity contribution in [3.8, 4) is 5.75 Å². The molecule has 108 valence electrons. The van der Waals surface area contributed by atoms with Crippen molar-refractivity contribution in [1.29, 1.82) is 0 Å². The van der Waals surface area contributed by atoms with Gasteiger partial charge in [-0.25, -0.2) is 0 Å². The second-order valence-corrected chi connectivity index (χ2v) is 3.33. The molecule has 12 heteroatoms. The quantitative estimate of drug-likeness (QED) is 0.495. The Labute approximate surface area is 106 Å². The van der Waals surface area contributed by atoms with Gasteiger partial charge in [-0.3, -0.25) is 25.0 Å². The number of nitro benzene ring substituents is 2. The second kappa shape index (κ2) is 4.99. The summed E-state index contributed by atoms with van der Waals surface area (Å²) in [5.74, 6) is -3.86. The van der Waals surface area contributed by atoms with Crippen LogP contribution in [0.3, 0.4) is 0 Å². The van der Waals surface area contributed by atoms with Crippen LogP contribution in [0.1, 0.15) is 0 Å². The van der Waals surface area contributed by atoms with Crippen LogP contribution in [0.4, 0.5) is 30.2 Å². The van der Waals surface area contributed by atoms with E-state index in [9.17, 15) is 43.3 Å². The first-order valence-corrected chi connectivity index (χ1v) is 4.58. The number of hydrogen-bond acceptors (Lipinski definition) is 6. The number of carbonyl (C=O) groups excluding carboxylic acids is 1. The summed E-state index contributed by atoms with van der Waals surface area (Å²) >= 11 is 0. The van der Waals surface area contributed by atoms with E-state index >= 15 is 0 Å². The molecule has 0 fully saturated rings. The van der Waals surface area contributed by atoms with Crippen molar-refractivity contribution in [1.82, 2.24) is 0 Å². The monoisotopic (exact) mass is 295 g/mol. The first kappa shape index (κ1) is 15.1. The Balaban J connectivity index is 3.35. The van der Waals surface area contributed by atoms with Crippen LogP contribution in [0.15, 0.2) is 12.1 Å². The van der Waals surface area contributed by atoms with Gasteiger partial charge in [-0.05, 0) is 0 Å². The van der Waals surface area contributed by atoms with E-state index in [1.54, 1.807) is 0 Å². The molecule has 2 N–H and O–H groups in total. The molecule has 0 unspecified atom stereocenters. The smallest absolute Gasteiger partial charge is 0.471 e. The van der Waals surface area contributed by atoms with Crippen LogP contribution in [0, 0.1) is 20.2 Å². The maximum Gasteiger partial charge on any atom is 0.471 e. The number of alkyl halides is 3. The number of benzene rings is 1. The van der Waals surface area contributed by atoms with Gasteiger partial charge in [0.05, 0.1) is 21.6 Å². The molecule has 1 rings (SSSR count). The fourth-order valence-corrected chi connectivity index (χ4v) is 1.14. The topological polar surface area (TPSA) is 136 Å². The highest BCUT2D eigenvalue weighted by molar-refractivity contribution is 5.97. The molecule has 20 heavy (non-hydrogen) atoms. The summed E-state index contributed by atoms with van der Waals surface area (Å²) < 4.78 is 36.1. The van der Waals surface area contributed by atoms with Crippen LogP contribution in [-0.2, 0) is 4.79 Å². The summed E-state index contributed by atoms with van der Waals surface area (Å²) in [5, 5.41) is 31.5. The van der Waals surface area contributed by atoms with Crippen molar-refractivity contribution in [2.75, 3.05) is 5.32 Å². The summed E-state index contributed by atoms with van der Waals surface area (Å²) in [6.45, 7) is 0. The number of phenolic OH excluding ortho intramolecular Hbond substituents is 1. The van der Waals surface area contributed by atoms with E-state index in [2.05, 4.69) is 0 Å². The highest BCUT2D eigenvalue weighted by atomic mass is 19.4. The normalized spacial score (nSPS) is 10.9. The lowest BCUT2D eigenvalue weighted by atomic mass is 10.2. The second-order valence-electron chi connectivity index (χ2n) is 3.33. The SMILES string of the molecule is O=C(Nc1cc([N+](=O)[O-])cc([N+](=O)[O-])c1O)C(F)(F)F. The number of halogens is 3. The fourth-order valence-electron chi connectivity index (χ4n) is 1.14. The minimum atomic E-state index is -5.33. The third-order valence-corrected chi connectivity index (χ3v) is 1.99. The number of nitrogens with one attached hydrogen (secondary N) is 1. The van der Waals surface area contributed by atoms with Gasteiger partial charge in [0.25, 0.3) is 5.69 Å². The molecule has 0 saturated carbocycles. The van der Waals surface area contributed by atoms with E-state index < -0.39 is 44.7 Å². The number of carbonyl (C=O) groups is 1. The standard InChI is InChI=1S/C8H4F3N3O6/c9-8(10,11)7(16)12-4-1-3(13(17)18)2-5(6(4)15)14(19)20/h1-2,15H,(H,12,16). The summed E-state index contributed by atoms with van der Waals surface area (Å²) in [7, 11) is 0. The molecule has 0 saturated heterocycles. The number of nitrogens with zero attached hydrogens (tertiary/aromatic N) is 2. The molecule has 9 nitrogen and oxygen atoms in total. The number of nitro groups is 2. The zero-order valence-electron chi connectivity index (χ0n) is 9.17. The van der Waals surface area contributed by atoms with E-state index in [1.807, 2.05) is 0 Å². The average Bonchev–Trinajstić information content (AvgIpc) is 2.29. The van der Waals surface area contributed by atoms with Crippen LogP contribution < -0.4 is 5.32 Å². The van der Waals surface area contributed by atoms with Gasteiger partial charge < -0.3 is 10.4 Å². The van der Waals surface area contributed by atoms with Crippen molar-refractivity contribution in [3.63, 3.8) is 0 Å². The molecule has 0 aliphatic carbocycles. The third-order valence-electron chi connectivity index (χ3n) is 1.99. The van der Waals surface area contributed by atoms with Gasteiger partial charge in [-0.2, -0.15) is 13.2 Å². The maximum atomic E-state index is 12.0. The Kier molecular flexibility index (Phi) is 3.77. The number of aromatic hydroxyl groups is 1. The minimum absolute atomic E-state index is 0.346. The molecule has 1 amide bonds. The lowest BCUT2D eigenvalue weighted by Crippen LogP contribution is -2.30. The van der Waals surface area contributed by atoms with Crippen LogP contribution >= 0.6 is 0 Å². The van der Waals surface area contributed by atoms with Gasteiger partial charge >= 0.3 is 17.8 Å². The molecule has 0 aromatic heterocycles. The van der Waals surface area contributed by atoms with Crippen LogP contribution in [0.2, 0.25) is 0 Å². The van der Waals surface area contributed by atoms with Gasteiger partial charge in [-0.1, -0.05) is 0 Å². The Morgan fingerprint density at radius 3 is 2.15 bits per heavy atom. The molecule has 0 bridgehead atoms. The van der Waals surface area contributed by atoms with Crippen molar-refractivity contribution in [2.24, 2.45) is 0 Å². The molecule has 0 atom stereocenters. The summed E-state index contributed by atoms with van der Waals surface area (Å²) in [4.78, 5) is 29.3. The highest BCUT2D eigenvalue weighted by Gasteiger charge is 2.40. The van der Waals surface area contributed by atoms with E-state index in [0.29, 0.717) is 12.1 Å². The van der Waals surface area contributed by atoms with Crippen molar-refractivity contribution in [2.45, 2.75) is 6.18 Å². The zero-order chi connectivity index (χ0) is 15.7. The summed E-state index contributed by atoms with van der Waals surface area (Å²) in [6, 6.07) is 0.713. The van der Waals surface area contributed by atoms with Gasteiger partial charge in [0, 0.05) is 6.07 Å². The van der Waals surface area contributed by atoms with E-state index in [-0.39, 0.29) is 0 Å². The number of hydrogen-bond donors (Lipinski definition) is 2. The number of amides is 1. The van der Waals surface area contributed by atoms with Crippen molar-refractivity contribution >= 4 is 23.0 Å². The molecule has 0 aliphatic heterocycles. The molecule has 0 spiro atoms. The van der Waals surface area contributed by atoms with Crippen molar-refractivity contribution in [3.05, 3.63) is 32.4 Å². The van der Waals surface area contributed by atoms with Gasteiger partial charge in [-0.15, -0.1) is 0 Å². The predicted octanol–water partition coefficient (Wildman–Crippen LogP) is 1.71. The Morgan fingerprint density at radius 1 is 1.20 bits per heavy atom. The first-order chi connectivity index (χ1) is 9.04. The largest absolute Gasteiger partial charge is 0.501 e. The number of phenols is 1. The Bertz CT molecular complexity index is 600. The Morgan fingerprint density at radius 2 is 1.75 bits per heavy atom. The van der Waals surface area contributed by atoms with Crippen LogP contribution in [-0.4, -0.2) is 27.0 Å². The molecular weight excluding hydrogens is 291 g/mol. The molecule has 1 aromatic carbocycles. The maximum absolute atomic E-state index is 12.0. The molecule has 0 aliphatic rings. The molecule has 0 radical (unpaired) electrons. The summed E-state index contributed by atoms with van der Waals surface area (Å²) in [5.41, 5.74) is -3.27. The van der Waals surface area contributed by atoms with E-state index in [1.165, 1.54) is 0 Å². The van der Waals surface area contributed by atoms with Gasteiger partial charge in [0.1, 0.15) is 0 Å². The van der Waals surface area contributed by atoms with E-state index in [4.69, 9.17) is 0 Å². The lowest BCUT2D eigenvalue weighted by molar-refractivity contribution is -0.394. The number of rotatable bonds is 3. The zero-order valence-corrected chi connectivity index (χ0v) is 9.17. The molecular formula is C8H4F3N3O6. The third kappa shape index (κ3) is 3.09. The Hall–Kier alpha value is -2.92. The number of non-ortho nitro benzene ring substituents is 1. The van der Waals surface area contributed by atoms with Crippen LogP contribution in [0.25, 0.3) is 0 Å². The molecule has 0 heterocycles. The average molecular weight is 295 g/mol. The van der Waals surface area contributed by atoms with E-state index in [0.717, 1.165) is 5.32 Å². The highest BCUT2D eigenvalue weighted by Crippen LogP contribution is 2.38. The first-order valence-electron chi connectivity index (χ1n) is 4.58. The minimum Gasteiger partial charge on any atom is -0.501 e. The van der Waals surface area contributed by atoms with Crippen LogP contribution in [0.5, 0.6) is 5.75 Å². The number of anilines is 1. The fraction of sp³-hybridized carbons (Fsp3) is 0.125. The van der Waals surface area contributed by atoms with Crippen molar-refractivity contribution < 1.29 is 32.9 Å². The van der Waals surface area contributed by atoms with Gasteiger partial charge in [0.2, 0.25) is 5.75 Å². The summed E-state index contributed by atoms with van der Waals surface area (Å²) in [6.07, 6.45) is -5.33. The lowest BCUT2D eigenvalue weighted by Gasteiger charge is -2.09. The molecule has 1 aromatic rings. The van der Waals surface area contributed by atoms with Gasteiger partial charge in [0.15, 0.2) is 0 Å².